The molecule has 2 saturated heterocycles. The van der Waals surface area contributed by atoms with Gasteiger partial charge in [0.25, 0.3) is 0 Å². The van der Waals surface area contributed by atoms with Crippen LogP contribution >= 0.6 is 12.4 Å². The number of halogens is 1. The van der Waals surface area contributed by atoms with Crippen molar-refractivity contribution in [1.82, 2.24) is 10.2 Å². The van der Waals surface area contributed by atoms with E-state index in [0.717, 1.165) is 26.1 Å². The van der Waals surface area contributed by atoms with Crippen molar-refractivity contribution in [2.45, 2.75) is 37.8 Å². The molecule has 5 heteroatoms. The molecule has 1 N–H and O–H groups in total. The number of rotatable bonds is 3. The van der Waals surface area contributed by atoms with Crippen molar-refractivity contribution in [3.05, 3.63) is 35.9 Å². The highest BCUT2D eigenvalue weighted by Gasteiger charge is 2.34. The highest BCUT2D eigenvalue weighted by Crippen LogP contribution is 2.31. The number of ether oxygens (including phenoxy) is 1. The van der Waals surface area contributed by atoms with E-state index < -0.39 is 0 Å². The van der Waals surface area contributed by atoms with Crippen molar-refractivity contribution < 1.29 is 9.53 Å². The Balaban J connectivity index is 0.00000176. The van der Waals surface area contributed by atoms with E-state index >= 15 is 0 Å². The number of carbonyl (C=O) groups excluding carboxylic acids is 1. The van der Waals surface area contributed by atoms with Gasteiger partial charge in [0, 0.05) is 37.5 Å². The zero-order valence-electron chi connectivity index (χ0n) is 13.0. The Kier molecular flexibility index (Phi) is 6.24. The minimum Gasteiger partial charge on any atom is -0.378 e. The Hall–Kier alpha value is -1.10. The number of carbonyl (C=O) groups is 1. The molecule has 122 valence electrons. The fourth-order valence-electron chi connectivity index (χ4n) is 3.42. The van der Waals surface area contributed by atoms with Crippen LogP contribution in [0.4, 0.5) is 0 Å². The second-order valence-electron chi connectivity index (χ2n) is 6.17. The van der Waals surface area contributed by atoms with Gasteiger partial charge in [-0.2, -0.15) is 0 Å². The molecule has 2 heterocycles. The Morgan fingerprint density at radius 2 is 2.14 bits per heavy atom. The molecule has 3 atom stereocenters. The second kappa shape index (κ2) is 7.95. The summed E-state index contributed by atoms with van der Waals surface area (Å²) in [7, 11) is 0. The summed E-state index contributed by atoms with van der Waals surface area (Å²) in [6.45, 7) is 5.25. The predicted octanol–water partition coefficient (Wildman–Crippen LogP) is 2.19. The fourth-order valence-corrected chi connectivity index (χ4v) is 3.42. The minimum absolute atomic E-state index is 0. The van der Waals surface area contributed by atoms with E-state index in [-0.39, 0.29) is 24.4 Å². The van der Waals surface area contributed by atoms with Crippen molar-refractivity contribution in [2.75, 3.05) is 26.3 Å². The molecule has 0 aromatic heterocycles. The summed E-state index contributed by atoms with van der Waals surface area (Å²) >= 11 is 0. The number of nitrogens with one attached hydrogen (secondary N) is 1. The minimum atomic E-state index is 0. The maximum Gasteiger partial charge on any atom is 0.224 e. The number of likely N-dealkylation sites (tertiary alicyclic amines) is 1. The van der Waals surface area contributed by atoms with E-state index in [4.69, 9.17) is 4.74 Å². The SMILES string of the molecule is CC1CC(c2ccccc2)CN1C(=O)CC1COCCN1.Cl. The van der Waals surface area contributed by atoms with Gasteiger partial charge in [-0.05, 0) is 18.9 Å². The molecule has 0 radical (unpaired) electrons. The Morgan fingerprint density at radius 3 is 2.82 bits per heavy atom. The summed E-state index contributed by atoms with van der Waals surface area (Å²) in [6, 6.07) is 11.0. The molecule has 2 fully saturated rings. The molecule has 0 saturated carbocycles. The van der Waals surface area contributed by atoms with E-state index in [1.165, 1.54) is 5.56 Å². The number of morpholine rings is 1. The topological polar surface area (TPSA) is 41.6 Å². The van der Waals surface area contributed by atoms with Gasteiger partial charge in [0.1, 0.15) is 0 Å². The zero-order chi connectivity index (χ0) is 14.7. The summed E-state index contributed by atoms with van der Waals surface area (Å²) in [5.41, 5.74) is 1.35. The molecule has 1 aromatic carbocycles. The Bertz CT molecular complexity index is 477. The first-order valence-corrected chi connectivity index (χ1v) is 7.89. The summed E-state index contributed by atoms with van der Waals surface area (Å²) < 4.78 is 5.43. The van der Waals surface area contributed by atoms with Gasteiger partial charge in [0.15, 0.2) is 0 Å². The van der Waals surface area contributed by atoms with Crippen LogP contribution in [0.2, 0.25) is 0 Å². The molecule has 2 aliphatic heterocycles. The maximum absolute atomic E-state index is 12.5. The second-order valence-corrected chi connectivity index (χ2v) is 6.17. The van der Waals surface area contributed by atoms with Crippen LogP contribution in [-0.2, 0) is 9.53 Å². The fraction of sp³-hybridized carbons (Fsp3) is 0.588. The third-order valence-electron chi connectivity index (χ3n) is 4.59. The Labute approximate surface area is 138 Å². The smallest absolute Gasteiger partial charge is 0.224 e. The molecule has 0 aliphatic carbocycles. The van der Waals surface area contributed by atoms with Gasteiger partial charge in [0.05, 0.1) is 13.2 Å². The van der Waals surface area contributed by atoms with Crippen LogP contribution < -0.4 is 5.32 Å². The molecule has 3 unspecified atom stereocenters. The standard InChI is InChI=1S/C17H24N2O2.ClH/c1-13-9-15(14-5-3-2-4-6-14)11-19(13)17(20)10-16-12-21-8-7-18-16;/h2-6,13,15-16,18H,7-12H2,1H3;1H. The molecular weight excluding hydrogens is 300 g/mol. The lowest BCUT2D eigenvalue weighted by atomic mass is 9.97. The molecule has 3 rings (SSSR count). The number of amides is 1. The molecule has 1 amide bonds. The van der Waals surface area contributed by atoms with Gasteiger partial charge in [-0.25, -0.2) is 0 Å². The third kappa shape index (κ3) is 4.00. The van der Waals surface area contributed by atoms with E-state index in [1.54, 1.807) is 0 Å². The summed E-state index contributed by atoms with van der Waals surface area (Å²) in [6.07, 6.45) is 1.61. The lowest BCUT2D eigenvalue weighted by Gasteiger charge is -2.27. The van der Waals surface area contributed by atoms with Gasteiger partial charge < -0.3 is 15.0 Å². The van der Waals surface area contributed by atoms with Crippen LogP contribution in [0.1, 0.15) is 31.2 Å². The van der Waals surface area contributed by atoms with Gasteiger partial charge >= 0.3 is 0 Å². The van der Waals surface area contributed by atoms with E-state index in [9.17, 15) is 4.79 Å². The highest BCUT2D eigenvalue weighted by atomic mass is 35.5. The van der Waals surface area contributed by atoms with E-state index in [0.29, 0.717) is 25.0 Å². The first kappa shape index (κ1) is 17.3. The number of nitrogens with zero attached hydrogens (tertiary/aromatic N) is 1. The van der Waals surface area contributed by atoms with Gasteiger partial charge in [-0.3, -0.25) is 4.79 Å². The van der Waals surface area contributed by atoms with E-state index in [2.05, 4.69) is 36.5 Å². The number of hydrogen-bond acceptors (Lipinski definition) is 3. The average Bonchev–Trinajstić information content (AvgIpc) is 2.91. The summed E-state index contributed by atoms with van der Waals surface area (Å²) in [4.78, 5) is 14.6. The zero-order valence-corrected chi connectivity index (χ0v) is 13.8. The van der Waals surface area contributed by atoms with Crippen LogP contribution in [0.3, 0.4) is 0 Å². The maximum atomic E-state index is 12.5. The first-order chi connectivity index (χ1) is 10.2. The largest absolute Gasteiger partial charge is 0.378 e. The number of hydrogen-bond donors (Lipinski definition) is 1. The van der Waals surface area contributed by atoms with Crippen LogP contribution in [0.15, 0.2) is 30.3 Å². The number of benzene rings is 1. The van der Waals surface area contributed by atoms with Crippen LogP contribution in [0.5, 0.6) is 0 Å². The lowest BCUT2D eigenvalue weighted by Crippen LogP contribution is -2.45. The summed E-state index contributed by atoms with van der Waals surface area (Å²) in [5.74, 6) is 0.727. The van der Waals surface area contributed by atoms with Gasteiger partial charge in [-0.15, -0.1) is 12.4 Å². The molecule has 2 aliphatic rings. The van der Waals surface area contributed by atoms with Crippen LogP contribution in [-0.4, -0.2) is 49.2 Å². The highest BCUT2D eigenvalue weighted by molar-refractivity contribution is 5.85. The van der Waals surface area contributed by atoms with Crippen molar-refractivity contribution in [3.63, 3.8) is 0 Å². The molecule has 22 heavy (non-hydrogen) atoms. The first-order valence-electron chi connectivity index (χ1n) is 7.89. The molecule has 0 bridgehead atoms. The average molecular weight is 325 g/mol. The van der Waals surface area contributed by atoms with Crippen molar-refractivity contribution in [2.24, 2.45) is 0 Å². The monoisotopic (exact) mass is 324 g/mol. The molecular formula is C17H25ClN2O2. The molecule has 0 spiro atoms. The lowest BCUT2D eigenvalue weighted by molar-refractivity contribution is -0.133. The molecule has 1 aromatic rings. The van der Waals surface area contributed by atoms with Gasteiger partial charge in [-0.1, -0.05) is 30.3 Å². The van der Waals surface area contributed by atoms with Crippen molar-refractivity contribution in [3.8, 4) is 0 Å². The predicted molar refractivity (Wildman–Crippen MR) is 89.4 cm³/mol. The van der Waals surface area contributed by atoms with Crippen molar-refractivity contribution in [1.29, 1.82) is 0 Å². The van der Waals surface area contributed by atoms with Crippen LogP contribution in [0, 0.1) is 0 Å². The van der Waals surface area contributed by atoms with Crippen molar-refractivity contribution >= 4 is 18.3 Å². The summed E-state index contributed by atoms with van der Waals surface area (Å²) in [5, 5.41) is 3.36. The van der Waals surface area contributed by atoms with Gasteiger partial charge in [0.2, 0.25) is 5.91 Å². The quantitative estimate of drug-likeness (QED) is 0.926. The molecule has 4 nitrogen and oxygen atoms in total. The third-order valence-corrected chi connectivity index (χ3v) is 4.59. The normalized spacial score (nSPS) is 28.2. The Morgan fingerprint density at radius 1 is 1.36 bits per heavy atom. The van der Waals surface area contributed by atoms with E-state index in [1.807, 2.05) is 11.0 Å². The van der Waals surface area contributed by atoms with Crippen LogP contribution in [0.25, 0.3) is 0 Å².